The van der Waals surface area contributed by atoms with E-state index in [0.717, 1.165) is 12.2 Å². The van der Waals surface area contributed by atoms with Gasteiger partial charge in [-0.15, -0.1) is 0 Å². The third-order valence-electron chi connectivity index (χ3n) is 3.48. The van der Waals surface area contributed by atoms with Gasteiger partial charge in [0.05, 0.1) is 11.9 Å². The number of aromatic nitrogens is 3. The third-order valence-corrected chi connectivity index (χ3v) is 3.48. The van der Waals surface area contributed by atoms with Crippen LogP contribution >= 0.6 is 0 Å². The van der Waals surface area contributed by atoms with Gasteiger partial charge in [-0.05, 0) is 36.8 Å². The molecule has 0 aliphatic carbocycles. The molecule has 0 radical (unpaired) electrons. The average molecular weight is 278 g/mol. The Bertz CT molecular complexity index is 676. The molecule has 2 aromatic heterocycles. The fourth-order valence-corrected chi connectivity index (χ4v) is 2.21. The van der Waals surface area contributed by atoms with Crippen LogP contribution in [0.4, 0.5) is 0 Å². The zero-order chi connectivity index (χ0) is 14.5. The summed E-state index contributed by atoms with van der Waals surface area (Å²) in [5.74, 6) is 0. The summed E-state index contributed by atoms with van der Waals surface area (Å²) in [6, 6.07) is 14.5. The molecule has 2 heterocycles. The van der Waals surface area contributed by atoms with E-state index < -0.39 is 0 Å². The quantitative estimate of drug-likeness (QED) is 0.779. The first-order chi connectivity index (χ1) is 10.3. The summed E-state index contributed by atoms with van der Waals surface area (Å²) in [5, 5.41) is 7.90. The van der Waals surface area contributed by atoms with Crippen LogP contribution in [0.25, 0.3) is 5.69 Å². The monoisotopic (exact) mass is 278 g/mol. The normalized spacial score (nSPS) is 12.2. The predicted molar refractivity (Wildman–Crippen MR) is 83.1 cm³/mol. The molecule has 1 atom stereocenters. The fraction of sp³-hybridized carbons (Fsp3) is 0.176. The first-order valence-corrected chi connectivity index (χ1v) is 7.05. The van der Waals surface area contributed by atoms with Gasteiger partial charge in [-0.25, -0.2) is 4.68 Å². The second kappa shape index (κ2) is 6.33. The molecule has 1 aromatic carbocycles. The van der Waals surface area contributed by atoms with Crippen molar-refractivity contribution in [1.82, 2.24) is 20.1 Å². The number of pyridine rings is 1. The zero-order valence-corrected chi connectivity index (χ0v) is 12.0. The highest BCUT2D eigenvalue weighted by atomic mass is 15.3. The van der Waals surface area contributed by atoms with Gasteiger partial charge in [-0.2, -0.15) is 5.10 Å². The molecule has 0 spiro atoms. The summed E-state index contributed by atoms with van der Waals surface area (Å²) in [7, 11) is 0. The van der Waals surface area contributed by atoms with Crippen molar-refractivity contribution in [2.45, 2.75) is 19.5 Å². The number of hydrogen-bond donors (Lipinski definition) is 1. The van der Waals surface area contributed by atoms with E-state index in [0.29, 0.717) is 0 Å². The fourth-order valence-electron chi connectivity index (χ4n) is 2.21. The molecule has 21 heavy (non-hydrogen) atoms. The minimum Gasteiger partial charge on any atom is -0.306 e. The second-order valence-electron chi connectivity index (χ2n) is 5.01. The summed E-state index contributed by atoms with van der Waals surface area (Å²) in [6.07, 6.45) is 7.60. The topological polar surface area (TPSA) is 42.7 Å². The molecular weight excluding hydrogens is 260 g/mol. The number of benzene rings is 1. The molecule has 1 N–H and O–H groups in total. The van der Waals surface area contributed by atoms with Crippen LogP contribution < -0.4 is 5.32 Å². The number of para-hydroxylation sites is 1. The van der Waals surface area contributed by atoms with Gasteiger partial charge in [0.1, 0.15) is 0 Å². The van der Waals surface area contributed by atoms with Crippen LogP contribution in [0.2, 0.25) is 0 Å². The number of hydrogen-bond acceptors (Lipinski definition) is 3. The molecule has 4 heteroatoms. The highest BCUT2D eigenvalue weighted by Gasteiger charge is 2.05. The van der Waals surface area contributed by atoms with E-state index in [2.05, 4.69) is 28.5 Å². The molecule has 3 aromatic rings. The van der Waals surface area contributed by atoms with E-state index in [4.69, 9.17) is 0 Å². The lowest BCUT2D eigenvalue weighted by Crippen LogP contribution is -2.17. The third kappa shape index (κ3) is 3.35. The van der Waals surface area contributed by atoms with Crippen molar-refractivity contribution in [3.05, 3.63) is 78.4 Å². The van der Waals surface area contributed by atoms with Crippen molar-refractivity contribution in [2.75, 3.05) is 0 Å². The minimum atomic E-state index is 0.285. The Hall–Kier alpha value is -2.46. The van der Waals surface area contributed by atoms with Crippen molar-refractivity contribution in [3.8, 4) is 5.69 Å². The van der Waals surface area contributed by atoms with Crippen molar-refractivity contribution in [3.63, 3.8) is 0 Å². The standard InChI is InChI=1S/C17H18N4/c1-14(16-7-9-18-10-8-16)19-11-15-12-20-21(13-15)17-5-3-2-4-6-17/h2-10,12-14,19H,11H2,1H3. The Morgan fingerprint density at radius 2 is 1.86 bits per heavy atom. The van der Waals surface area contributed by atoms with E-state index in [1.54, 1.807) is 0 Å². The van der Waals surface area contributed by atoms with Crippen molar-refractivity contribution < 1.29 is 0 Å². The molecule has 0 aliphatic rings. The van der Waals surface area contributed by atoms with E-state index in [9.17, 15) is 0 Å². The van der Waals surface area contributed by atoms with Crippen molar-refractivity contribution in [1.29, 1.82) is 0 Å². The maximum absolute atomic E-state index is 4.40. The summed E-state index contributed by atoms with van der Waals surface area (Å²) < 4.78 is 1.90. The Labute approximate surface area is 124 Å². The van der Waals surface area contributed by atoms with Gasteiger partial charge in [0.2, 0.25) is 0 Å². The van der Waals surface area contributed by atoms with Crippen LogP contribution in [0.5, 0.6) is 0 Å². The summed E-state index contributed by atoms with van der Waals surface area (Å²) in [4.78, 5) is 4.04. The van der Waals surface area contributed by atoms with Gasteiger partial charge in [0, 0.05) is 36.7 Å². The number of nitrogens with zero attached hydrogens (tertiary/aromatic N) is 3. The Morgan fingerprint density at radius 1 is 1.10 bits per heavy atom. The second-order valence-corrected chi connectivity index (χ2v) is 5.01. The lowest BCUT2D eigenvalue weighted by molar-refractivity contribution is 0.574. The summed E-state index contributed by atoms with van der Waals surface area (Å²) in [5.41, 5.74) is 3.48. The van der Waals surface area contributed by atoms with Gasteiger partial charge in [-0.1, -0.05) is 18.2 Å². The van der Waals surface area contributed by atoms with E-state index in [1.165, 1.54) is 11.1 Å². The van der Waals surface area contributed by atoms with Gasteiger partial charge in [-0.3, -0.25) is 4.98 Å². The van der Waals surface area contributed by atoms with Gasteiger partial charge in [0.15, 0.2) is 0 Å². The predicted octanol–water partition coefficient (Wildman–Crippen LogP) is 3.12. The van der Waals surface area contributed by atoms with Crippen LogP contribution in [0.1, 0.15) is 24.1 Å². The van der Waals surface area contributed by atoms with Crippen LogP contribution in [0, 0.1) is 0 Å². The molecular formula is C17H18N4. The van der Waals surface area contributed by atoms with E-state index in [-0.39, 0.29) is 6.04 Å². The average Bonchev–Trinajstić information content (AvgIpc) is 3.03. The zero-order valence-electron chi connectivity index (χ0n) is 12.0. The Balaban J connectivity index is 1.63. The summed E-state index contributed by atoms with van der Waals surface area (Å²) in [6.45, 7) is 2.94. The highest BCUT2D eigenvalue weighted by molar-refractivity contribution is 5.30. The van der Waals surface area contributed by atoms with Crippen LogP contribution in [0.15, 0.2) is 67.3 Å². The molecule has 0 aliphatic heterocycles. The lowest BCUT2D eigenvalue weighted by atomic mass is 10.1. The molecule has 0 saturated heterocycles. The highest BCUT2D eigenvalue weighted by Crippen LogP contribution is 2.12. The Kier molecular flexibility index (Phi) is 4.07. The SMILES string of the molecule is CC(NCc1cnn(-c2ccccc2)c1)c1ccncc1. The molecule has 3 rings (SSSR count). The molecule has 106 valence electrons. The largest absolute Gasteiger partial charge is 0.306 e. The number of nitrogens with one attached hydrogen (secondary N) is 1. The molecule has 0 bridgehead atoms. The Morgan fingerprint density at radius 3 is 2.62 bits per heavy atom. The van der Waals surface area contributed by atoms with Crippen LogP contribution in [-0.4, -0.2) is 14.8 Å². The maximum atomic E-state index is 4.40. The van der Waals surface area contributed by atoms with Gasteiger partial charge in [0.25, 0.3) is 0 Å². The van der Waals surface area contributed by atoms with E-state index in [1.807, 2.05) is 65.7 Å². The van der Waals surface area contributed by atoms with Gasteiger partial charge < -0.3 is 5.32 Å². The molecule has 0 fully saturated rings. The van der Waals surface area contributed by atoms with Crippen LogP contribution in [-0.2, 0) is 6.54 Å². The maximum Gasteiger partial charge on any atom is 0.0645 e. The molecule has 4 nitrogen and oxygen atoms in total. The number of rotatable bonds is 5. The van der Waals surface area contributed by atoms with Gasteiger partial charge >= 0.3 is 0 Å². The van der Waals surface area contributed by atoms with Crippen molar-refractivity contribution >= 4 is 0 Å². The van der Waals surface area contributed by atoms with Crippen LogP contribution in [0.3, 0.4) is 0 Å². The lowest BCUT2D eigenvalue weighted by Gasteiger charge is -2.12. The summed E-state index contributed by atoms with van der Waals surface area (Å²) >= 11 is 0. The first kappa shape index (κ1) is 13.5. The van der Waals surface area contributed by atoms with Crippen molar-refractivity contribution in [2.24, 2.45) is 0 Å². The molecule has 0 saturated carbocycles. The minimum absolute atomic E-state index is 0.285. The smallest absolute Gasteiger partial charge is 0.0645 e. The van der Waals surface area contributed by atoms with E-state index >= 15 is 0 Å². The first-order valence-electron chi connectivity index (χ1n) is 7.05. The molecule has 1 unspecified atom stereocenters. The molecule has 0 amide bonds.